The Hall–Kier alpha value is -1.03. The summed E-state index contributed by atoms with van der Waals surface area (Å²) >= 11 is 13.6. The number of benzene rings is 1. The third kappa shape index (κ3) is 3.10. The Morgan fingerprint density at radius 1 is 1.19 bits per heavy atom. The fourth-order valence-corrected chi connectivity index (χ4v) is 3.88. The number of imidazole rings is 1. The molecule has 2 aromatic heterocycles. The van der Waals surface area contributed by atoms with Gasteiger partial charge < -0.3 is 4.57 Å². The molecule has 0 spiro atoms. The number of aryl methyl sites for hydroxylation is 4. The summed E-state index contributed by atoms with van der Waals surface area (Å²) in [7, 11) is 0. The first-order valence-corrected chi connectivity index (χ1v) is 8.67. The van der Waals surface area contributed by atoms with Crippen molar-refractivity contribution in [2.45, 2.75) is 26.3 Å². The monoisotopic (exact) mass is 338 g/mol. The van der Waals surface area contributed by atoms with Gasteiger partial charge in [0.05, 0.1) is 15.4 Å². The van der Waals surface area contributed by atoms with Gasteiger partial charge in [0.2, 0.25) is 0 Å². The molecule has 0 fully saturated rings. The summed E-state index contributed by atoms with van der Waals surface area (Å²) in [6, 6.07) is 10.3. The average molecular weight is 339 g/mol. The van der Waals surface area contributed by atoms with Crippen LogP contribution in [-0.2, 0) is 19.4 Å². The number of rotatable bonds is 5. The molecule has 0 saturated carbocycles. The molecule has 0 saturated heterocycles. The quantitative estimate of drug-likeness (QED) is 0.593. The van der Waals surface area contributed by atoms with Crippen LogP contribution in [0, 0.1) is 6.92 Å². The van der Waals surface area contributed by atoms with E-state index in [0.717, 1.165) is 35.1 Å². The number of alkyl halides is 1. The van der Waals surface area contributed by atoms with Crippen molar-refractivity contribution in [1.29, 1.82) is 0 Å². The van der Waals surface area contributed by atoms with Crippen LogP contribution in [0.3, 0.4) is 0 Å². The molecule has 0 bridgehead atoms. The summed E-state index contributed by atoms with van der Waals surface area (Å²) in [6.07, 6.45) is 1.76. The van der Waals surface area contributed by atoms with Crippen molar-refractivity contribution in [2.75, 3.05) is 5.88 Å². The maximum absolute atomic E-state index is 6.00. The predicted octanol–water partition coefficient (Wildman–Crippen LogP) is 5.08. The maximum atomic E-state index is 6.00. The van der Waals surface area contributed by atoms with Gasteiger partial charge in [0.15, 0.2) is 0 Å². The Labute approximate surface area is 138 Å². The molecule has 110 valence electrons. The minimum absolute atomic E-state index is 0.590. The van der Waals surface area contributed by atoms with E-state index in [4.69, 9.17) is 28.2 Å². The lowest BCUT2D eigenvalue weighted by molar-refractivity contribution is 0.678. The number of hydrogen-bond acceptors (Lipinski definition) is 2. The first kappa shape index (κ1) is 14.9. The van der Waals surface area contributed by atoms with E-state index in [-0.39, 0.29) is 0 Å². The molecule has 2 nitrogen and oxygen atoms in total. The molecule has 0 N–H and O–H groups in total. The highest BCUT2D eigenvalue weighted by Gasteiger charge is 2.12. The number of nitrogens with zero attached hydrogens (tertiary/aromatic N) is 2. The van der Waals surface area contributed by atoms with E-state index in [1.165, 1.54) is 16.0 Å². The van der Waals surface area contributed by atoms with Crippen LogP contribution in [0.5, 0.6) is 0 Å². The van der Waals surface area contributed by atoms with Crippen molar-refractivity contribution in [3.8, 4) is 0 Å². The first-order chi connectivity index (χ1) is 10.2. The standard InChI is InChI=1S/C16H16Cl2N2S/c1-11-3-2-4-13-16(11)20(15(19-13)7-9-17)10-8-12-5-6-14(18)21-12/h2-6H,7-10H2,1H3. The smallest absolute Gasteiger partial charge is 0.111 e. The van der Waals surface area contributed by atoms with Crippen LogP contribution >= 0.6 is 34.5 Å². The highest BCUT2D eigenvalue weighted by Crippen LogP contribution is 2.25. The van der Waals surface area contributed by atoms with Crippen molar-refractivity contribution in [3.05, 3.63) is 50.9 Å². The van der Waals surface area contributed by atoms with Crippen molar-refractivity contribution in [2.24, 2.45) is 0 Å². The van der Waals surface area contributed by atoms with E-state index in [1.807, 2.05) is 6.07 Å². The van der Waals surface area contributed by atoms with Crippen LogP contribution < -0.4 is 0 Å². The number of halogens is 2. The second-order valence-corrected chi connectivity index (χ2v) is 7.19. The molecule has 0 radical (unpaired) electrons. The van der Waals surface area contributed by atoms with Gasteiger partial charge in [-0.25, -0.2) is 4.98 Å². The molecule has 5 heteroatoms. The van der Waals surface area contributed by atoms with E-state index in [2.05, 4.69) is 35.8 Å². The molecule has 21 heavy (non-hydrogen) atoms. The van der Waals surface area contributed by atoms with Gasteiger partial charge in [0, 0.05) is 23.7 Å². The molecular formula is C16H16Cl2N2S. The molecule has 0 aliphatic heterocycles. The van der Waals surface area contributed by atoms with Crippen molar-refractivity contribution < 1.29 is 0 Å². The highest BCUT2D eigenvalue weighted by molar-refractivity contribution is 7.16. The minimum Gasteiger partial charge on any atom is -0.327 e. The zero-order valence-electron chi connectivity index (χ0n) is 11.8. The molecule has 0 atom stereocenters. The molecule has 2 heterocycles. The summed E-state index contributed by atoms with van der Waals surface area (Å²) in [5.41, 5.74) is 3.53. The Morgan fingerprint density at radius 2 is 2.05 bits per heavy atom. The van der Waals surface area contributed by atoms with Crippen molar-refractivity contribution in [1.82, 2.24) is 9.55 Å². The lowest BCUT2D eigenvalue weighted by atomic mass is 10.2. The predicted molar refractivity (Wildman–Crippen MR) is 91.9 cm³/mol. The summed E-state index contributed by atoms with van der Waals surface area (Å²) < 4.78 is 3.15. The summed E-state index contributed by atoms with van der Waals surface area (Å²) in [5, 5.41) is 0. The zero-order valence-corrected chi connectivity index (χ0v) is 14.1. The topological polar surface area (TPSA) is 17.8 Å². The molecule has 0 amide bonds. The average Bonchev–Trinajstić information content (AvgIpc) is 3.01. The van der Waals surface area contributed by atoms with Crippen LogP contribution in [0.2, 0.25) is 4.34 Å². The fraction of sp³-hybridized carbons (Fsp3) is 0.312. The van der Waals surface area contributed by atoms with E-state index in [0.29, 0.717) is 5.88 Å². The second kappa shape index (κ2) is 6.39. The summed E-state index contributed by atoms with van der Waals surface area (Å²) in [5.74, 6) is 1.66. The zero-order chi connectivity index (χ0) is 14.8. The SMILES string of the molecule is Cc1cccc2nc(CCCl)n(CCc3ccc(Cl)s3)c12. The highest BCUT2D eigenvalue weighted by atomic mass is 35.5. The van der Waals surface area contributed by atoms with E-state index in [1.54, 1.807) is 11.3 Å². The van der Waals surface area contributed by atoms with Crippen LogP contribution in [-0.4, -0.2) is 15.4 Å². The van der Waals surface area contributed by atoms with Crippen LogP contribution in [0.15, 0.2) is 30.3 Å². The molecular weight excluding hydrogens is 323 g/mol. The minimum atomic E-state index is 0.590. The molecule has 1 aromatic carbocycles. The third-order valence-electron chi connectivity index (χ3n) is 3.58. The van der Waals surface area contributed by atoms with Gasteiger partial charge in [-0.2, -0.15) is 0 Å². The summed E-state index contributed by atoms with van der Waals surface area (Å²) in [6.45, 7) is 3.04. The van der Waals surface area contributed by atoms with Gasteiger partial charge in [-0.3, -0.25) is 0 Å². The number of thiophene rings is 1. The largest absolute Gasteiger partial charge is 0.327 e. The van der Waals surface area contributed by atoms with Crippen LogP contribution in [0.4, 0.5) is 0 Å². The number of fused-ring (bicyclic) bond motifs is 1. The van der Waals surface area contributed by atoms with Gasteiger partial charge in [-0.1, -0.05) is 23.7 Å². The van der Waals surface area contributed by atoms with Gasteiger partial charge in [0.1, 0.15) is 5.82 Å². The van der Waals surface area contributed by atoms with Gasteiger partial charge in [-0.15, -0.1) is 22.9 Å². The van der Waals surface area contributed by atoms with E-state index in [9.17, 15) is 0 Å². The normalized spacial score (nSPS) is 11.4. The fourth-order valence-electron chi connectivity index (χ4n) is 2.64. The Bertz CT molecular complexity index is 761. The van der Waals surface area contributed by atoms with Crippen LogP contribution in [0.25, 0.3) is 11.0 Å². The Morgan fingerprint density at radius 3 is 2.76 bits per heavy atom. The van der Waals surface area contributed by atoms with Gasteiger partial charge >= 0.3 is 0 Å². The number of para-hydroxylation sites is 1. The summed E-state index contributed by atoms with van der Waals surface area (Å²) in [4.78, 5) is 6.03. The Kier molecular flexibility index (Phi) is 4.53. The molecule has 3 rings (SSSR count). The molecule has 3 aromatic rings. The van der Waals surface area contributed by atoms with Gasteiger partial charge in [0.25, 0.3) is 0 Å². The Balaban J connectivity index is 1.96. The molecule has 0 aliphatic rings. The molecule has 0 unspecified atom stereocenters. The van der Waals surface area contributed by atoms with E-state index < -0.39 is 0 Å². The van der Waals surface area contributed by atoms with Gasteiger partial charge in [-0.05, 0) is 37.1 Å². The van der Waals surface area contributed by atoms with Crippen LogP contribution in [0.1, 0.15) is 16.3 Å². The molecule has 0 aliphatic carbocycles. The first-order valence-electron chi connectivity index (χ1n) is 6.94. The number of hydrogen-bond donors (Lipinski definition) is 0. The van der Waals surface area contributed by atoms with Crippen molar-refractivity contribution >= 4 is 45.6 Å². The lowest BCUT2D eigenvalue weighted by Gasteiger charge is -2.09. The van der Waals surface area contributed by atoms with Crippen molar-refractivity contribution in [3.63, 3.8) is 0 Å². The maximum Gasteiger partial charge on any atom is 0.111 e. The third-order valence-corrected chi connectivity index (χ3v) is 5.06. The van der Waals surface area contributed by atoms with E-state index >= 15 is 0 Å². The second-order valence-electron chi connectivity index (χ2n) is 5.02. The number of aromatic nitrogens is 2. The lowest BCUT2D eigenvalue weighted by Crippen LogP contribution is -2.07.